The molecule has 2 rings (SSSR count). The van der Waals surface area contributed by atoms with Gasteiger partial charge >= 0.3 is 5.97 Å². The van der Waals surface area contributed by atoms with Crippen molar-refractivity contribution in [3.8, 4) is 0 Å². The summed E-state index contributed by atoms with van der Waals surface area (Å²) in [6.07, 6.45) is 8.51. The number of hydrogen-bond donors (Lipinski definition) is 1. The zero-order valence-corrected chi connectivity index (χ0v) is 13.9. The number of rotatable bonds is 2. The quantitative estimate of drug-likeness (QED) is 0.621. The van der Waals surface area contributed by atoms with Crippen LogP contribution in [0.2, 0.25) is 0 Å². The van der Waals surface area contributed by atoms with Gasteiger partial charge in [0.2, 0.25) is 0 Å². The fourth-order valence-electron chi connectivity index (χ4n) is 2.68. The highest BCUT2D eigenvalue weighted by molar-refractivity contribution is 14.1. The minimum Gasteiger partial charge on any atom is -0.464 e. The molecule has 0 atom stereocenters. The third-order valence-electron chi connectivity index (χ3n) is 3.78. The van der Waals surface area contributed by atoms with Crippen molar-refractivity contribution in [2.24, 2.45) is 0 Å². The Bertz CT molecular complexity index is 486. The topological polar surface area (TPSA) is 78.1 Å². The second kappa shape index (κ2) is 7.19. The van der Waals surface area contributed by atoms with E-state index in [-0.39, 0.29) is 11.5 Å². The van der Waals surface area contributed by atoms with Crippen LogP contribution >= 0.6 is 22.6 Å². The van der Waals surface area contributed by atoms with Crippen LogP contribution < -0.4 is 5.73 Å². The molecule has 1 aromatic heterocycles. The first-order valence-corrected chi connectivity index (χ1v) is 8.12. The lowest BCUT2D eigenvalue weighted by atomic mass is 9.89. The van der Waals surface area contributed by atoms with Crippen molar-refractivity contribution in [2.75, 3.05) is 12.8 Å². The van der Waals surface area contributed by atoms with E-state index in [2.05, 4.69) is 32.6 Å². The van der Waals surface area contributed by atoms with Crippen LogP contribution in [-0.2, 0) is 4.74 Å². The van der Waals surface area contributed by atoms with Crippen molar-refractivity contribution in [3.05, 3.63) is 15.1 Å². The third-order valence-corrected chi connectivity index (χ3v) is 4.57. The summed E-state index contributed by atoms with van der Waals surface area (Å²) in [5.41, 5.74) is 6.82. The first-order valence-electron chi connectivity index (χ1n) is 7.04. The van der Waals surface area contributed by atoms with Gasteiger partial charge in [-0.15, -0.1) is 0 Å². The molecule has 0 bridgehead atoms. The minimum atomic E-state index is -0.515. The van der Waals surface area contributed by atoms with E-state index < -0.39 is 5.97 Å². The van der Waals surface area contributed by atoms with Crippen LogP contribution in [0.4, 0.5) is 5.82 Å². The first-order chi connectivity index (χ1) is 9.63. The van der Waals surface area contributed by atoms with E-state index in [0.717, 1.165) is 22.2 Å². The van der Waals surface area contributed by atoms with Crippen LogP contribution in [0.25, 0.3) is 0 Å². The second-order valence-corrected chi connectivity index (χ2v) is 6.19. The van der Waals surface area contributed by atoms with Crippen molar-refractivity contribution in [1.82, 2.24) is 9.97 Å². The Morgan fingerprint density at radius 3 is 2.40 bits per heavy atom. The standard InChI is InChI=1S/C14H20IN3O2/c1-20-14(19)11-13(16)18-12(15)10(17-11)9-7-5-3-2-4-6-8-9/h9H,2-8H2,1H3,(H2,16,18). The maximum atomic E-state index is 11.7. The number of nitrogen functional groups attached to an aromatic ring is 1. The summed E-state index contributed by atoms with van der Waals surface area (Å²) in [5, 5.41) is 0. The number of methoxy groups -OCH3 is 1. The number of halogens is 1. The average Bonchev–Trinajstić information content (AvgIpc) is 2.39. The molecular weight excluding hydrogens is 369 g/mol. The lowest BCUT2D eigenvalue weighted by Crippen LogP contribution is -2.16. The Balaban J connectivity index is 2.31. The summed E-state index contributed by atoms with van der Waals surface area (Å²) in [6, 6.07) is 0. The highest BCUT2D eigenvalue weighted by Gasteiger charge is 2.23. The van der Waals surface area contributed by atoms with Crippen LogP contribution in [0, 0.1) is 3.70 Å². The van der Waals surface area contributed by atoms with Gasteiger partial charge in [0.1, 0.15) is 3.70 Å². The number of carbonyl (C=O) groups excluding carboxylic acids is 1. The zero-order chi connectivity index (χ0) is 14.5. The smallest absolute Gasteiger partial charge is 0.360 e. The van der Waals surface area contributed by atoms with E-state index in [1.807, 2.05) is 0 Å². The highest BCUT2D eigenvalue weighted by Crippen LogP contribution is 2.32. The van der Waals surface area contributed by atoms with Gasteiger partial charge < -0.3 is 10.5 Å². The highest BCUT2D eigenvalue weighted by atomic mass is 127. The van der Waals surface area contributed by atoms with Crippen LogP contribution in [0.15, 0.2) is 0 Å². The van der Waals surface area contributed by atoms with E-state index in [1.165, 1.54) is 39.2 Å². The Morgan fingerprint density at radius 1 is 1.20 bits per heavy atom. The number of esters is 1. The Morgan fingerprint density at radius 2 is 1.80 bits per heavy atom. The van der Waals surface area contributed by atoms with Crippen molar-refractivity contribution >= 4 is 34.4 Å². The SMILES string of the molecule is COC(=O)c1nc(C2CCCCCCC2)c(I)nc1N. The van der Waals surface area contributed by atoms with Crippen molar-refractivity contribution in [1.29, 1.82) is 0 Å². The molecule has 20 heavy (non-hydrogen) atoms. The summed E-state index contributed by atoms with van der Waals surface area (Å²) < 4.78 is 5.52. The number of anilines is 1. The number of hydrogen-bond acceptors (Lipinski definition) is 5. The zero-order valence-electron chi connectivity index (χ0n) is 11.7. The molecule has 0 saturated heterocycles. The number of nitrogens with zero attached hydrogens (tertiary/aromatic N) is 2. The van der Waals surface area contributed by atoms with E-state index in [9.17, 15) is 4.79 Å². The van der Waals surface area contributed by atoms with Gasteiger partial charge in [-0.05, 0) is 35.4 Å². The summed E-state index contributed by atoms with van der Waals surface area (Å²) in [6.45, 7) is 0. The Hall–Kier alpha value is -0.920. The molecule has 0 aliphatic heterocycles. The van der Waals surface area contributed by atoms with E-state index >= 15 is 0 Å². The van der Waals surface area contributed by atoms with Gasteiger partial charge in [-0.1, -0.05) is 32.1 Å². The minimum absolute atomic E-state index is 0.143. The van der Waals surface area contributed by atoms with Gasteiger partial charge in [0.05, 0.1) is 12.8 Å². The van der Waals surface area contributed by atoms with Crippen molar-refractivity contribution in [3.63, 3.8) is 0 Å². The largest absolute Gasteiger partial charge is 0.464 e. The van der Waals surface area contributed by atoms with Gasteiger partial charge in [0.25, 0.3) is 0 Å². The molecule has 0 spiro atoms. The van der Waals surface area contributed by atoms with E-state index in [4.69, 9.17) is 10.5 Å². The van der Waals surface area contributed by atoms with Crippen LogP contribution in [-0.4, -0.2) is 23.0 Å². The molecule has 1 fully saturated rings. The normalized spacial score (nSPS) is 17.3. The number of aromatic nitrogens is 2. The van der Waals surface area contributed by atoms with Crippen LogP contribution in [0.3, 0.4) is 0 Å². The van der Waals surface area contributed by atoms with Gasteiger partial charge in [-0.2, -0.15) is 0 Å². The molecule has 0 radical (unpaired) electrons. The average molecular weight is 389 g/mol. The molecular formula is C14H20IN3O2. The molecule has 6 heteroatoms. The lowest BCUT2D eigenvalue weighted by Gasteiger charge is -2.20. The van der Waals surface area contributed by atoms with Gasteiger partial charge in [0.15, 0.2) is 11.5 Å². The third kappa shape index (κ3) is 3.59. The Kier molecular flexibility index (Phi) is 5.56. The molecule has 0 amide bonds. The monoisotopic (exact) mass is 389 g/mol. The van der Waals surface area contributed by atoms with Crippen LogP contribution in [0.5, 0.6) is 0 Å². The maximum Gasteiger partial charge on any atom is 0.360 e. The molecule has 0 aromatic carbocycles. The molecule has 1 saturated carbocycles. The van der Waals surface area contributed by atoms with E-state index in [1.54, 1.807) is 0 Å². The second-order valence-electron chi connectivity index (χ2n) is 5.17. The predicted octanol–water partition coefficient (Wildman–Crippen LogP) is 3.28. The predicted molar refractivity (Wildman–Crippen MR) is 85.6 cm³/mol. The van der Waals surface area contributed by atoms with Crippen LogP contribution in [0.1, 0.15) is 67.0 Å². The lowest BCUT2D eigenvalue weighted by molar-refractivity contribution is 0.0594. The number of nitrogens with two attached hydrogens (primary N) is 1. The van der Waals surface area contributed by atoms with Crippen molar-refractivity contribution in [2.45, 2.75) is 50.9 Å². The molecule has 1 heterocycles. The molecule has 5 nitrogen and oxygen atoms in total. The van der Waals surface area contributed by atoms with Gasteiger partial charge in [-0.3, -0.25) is 0 Å². The summed E-state index contributed by atoms with van der Waals surface area (Å²) in [4.78, 5) is 20.4. The molecule has 1 aliphatic rings. The molecule has 110 valence electrons. The van der Waals surface area contributed by atoms with Gasteiger partial charge in [0, 0.05) is 5.92 Å². The summed E-state index contributed by atoms with van der Waals surface area (Å²) >= 11 is 2.16. The van der Waals surface area contributed by atoms with Gasteiger partial charge in [-0.25, -0.2) is 14.8 Å². The maximum absolute atomic E-state index is 11.7. The molecule has 1 aliphatic carbocycles. The fraction of sp³-hybridized carbons (Fsp3) is 0.643. The molecule has 1 aromatic rings. The fourth-order valence-corrected chi connectivity index (χ4v) is 3.50. The summed E-state index contributed by atoms with van der Waals surface area (Å²) in [5.74, 6) is 0.00745. The molecule has 0 unspecified atom stereocenters. The Labute approximate surface area is 132 Å². The van der Waals surface area contributed by atoms with Crippen molar-refractivity contribution < 1.29 is 9.53 Å². The first kappa shape index (κ1) is 15.5. The number of carbonyl (C=O) groups is 1. The summed E-state index contributed by atoms with van der Waals surface area (Å²) in [7, 11) is 1.33. The van der Waals surface area contributed by atoms with E-state index in [0.29, 0.717) is 5.92 Å². The number of ether oxygens (including phenoxy) is 1. The molecule has 2 N–H and O–H groups in total.